The number of nitrogens with zero attached hydrogens (tertiary/aromatic N) is 3. The van der Waals surface area contributed by atoms with Crippen molar-refractivity contribution in [2.45, 2.75) is 44.2 Å². The van der Waals surface area contributed by atoms with Crippen LogP contribution in [0.2, 0.25) is 0 Å². The first-order valence-corrected chi connectivity index (χ1v) is 12.8. The molecule has 2 aliphatic rings. The Balaban J connectivity index is 0.000000426. The average molecular weight is 582 g/mol. The maximum absolute atomic E-state index is 12.1. The van der Waals surface area contributed by atoms with Crippen LogP contribution < -0.4 is 0 Å². The minimum absolute atomic E-state index is 0.0186. The molecule has 3 heterocycles. The number of methoxy groups -OCH3 is 1. The molecule has 1 aromatic heterocycles. The second-order valence-electron chi connectivity index (χ2n) is 8.86. The fraction of sp³-hybridized carbons (Fsp3) is 0.667. The van der Waals surface area contributed by atoms with Gasteiger partial charge < -0.3 is 14.9 Å². The number of carbonyl (C=O) groups is 2. The van der Waals surface area contributed by atoms with E-state index in [1.165, 1.54) is 11.8 Å². The van der Waals surface area contributed by atoms with Gasteiger partial charge in [0.2, 0.25) is 10.0 Å². The fourth-order valence-electron chi connectivity index (χ4n) is 4.15. The van der Waals surface area contributed by atoms with Gasteiger partial charge in [-0.25, -0.2) is 18.0 Å². The third-order valence-corrected chi connectivity index (χ3v) is 7.16. The Morgan fingerprint density at radius 3 is 1.97 bits per heavy atom. The number of aliphatic carboxylic acids is 2. The minimum Gasteiger partial charge on any atom is -0.475 e. The maximum Gasteiger partial charge on any atom is 0.490 e. The number of sulfonamides is 1. The highest BCUT2D eigenvalue weighted by Gasteiger charge is 2.48. The number of piperidine rings is 1. The lowest BCUT2D eigenvalue weighted by atomic mass is 9.76. The standard InChI is InChI=1S/C17H27N3O3S.2C2HF3O2/c1-23-13-16-10-17(14-20(16)24(2,21)22)5-8-19(9-6-17)12-15-4-3-7-18-11-15;2*3-2(4,5)1(6)7/h3-4,7,11,16H,5-6,8-10,12-14H2,1-2H3;2*(H,6,7). The highest BCUT2D eigenvalue weighted by Crippen LogP contribution is 2.44. The summed E-state index contributed by atoms with van der Waals surface area (Å²) in [7, 11) is -1.54. The molecule has 0 aliphatic carbocycles. The molecule has 0 amide bonds. The van der Waals surface area contributed by atoms with Gasteiger partial charge in [0, 0.05) is 38.6 Å². The minimum atomic E-state index is -5.08. The Labute approximate surface area is 215 Å². The van der Waals surface area contributed by atoms with Gasteiger partial charge in [0.25, 0.3) is 0 Å². The Morgan fingerprint density at radius 2 is 1.61 bits per heavy atom. The second kappa shape index (κ2) is 13.5. The molecular formula is C21H29F6N3O7S. The summed E-state index contributed by atoms with van der Waals surface area (Å²) >= 11 is 0. The van der Waals surface area contributed by atoms with Crippen molar-refractivity contribution in [3.8, 4) is 0 Å². The largest absolute Gasteiger partial charge is 0.490 e. The van der Waals surface area contributed by atoms with E-state index < -0.39 is 34.3 Å². The summed E-state index contributed by atoms with van der Waals surface area (Å²) in [5.41, 5.74) is 1.34. The van der Waals surface area contributed by atoms with Crippen LogP contribution in [0.3, 0.4) is 0 Å². The molecule has 1 spiro atoms. The molecule has 0 saturated carbocycles. The van der Waals surface area contributed by atoms with Crippen molar-refractivity contribution < 1.29 is 59.3 Å². The number of ether oxygens (including phenoxy) is 1. The van der Waals surface area contributed by atoms with E-state index in [9.17, 15) is 34.8 Å². The Kier molecular flexibility index (Phi) is 11.9. The number of carboxylic acids is 2. The van der Waals surface area contributed by atoms with Crippen LogP contribution in [0.25, 0.3) is 0 Å². The molecule has 2 aliphatic heterocycles. The molecule has 0 aromatic carbocycles. The van der Waals surface area contributed by atoms with E-state index in [4.69, 9.17) is 24.5 Å². The average Bonchev–Trinajstić information content (AvgIpc) is 3.14. The third-order valence-electron chi connectivity index (χ3n) is 5.88. The third kappa shape index (κ3) is 11.1. The smallest absolute Gasteiger partial charge is 0.475 e. The van der Waals surface area contributed by atoms with Crippen LogP contribution in [-0.4, -0.2) is 103 Å². The van der Waals surface area contributed by atoms with Crippen molar-refractivity contribution in [1.82, 2.24) is 14.2 Å². The SMILES string of the molecule is COCC1CC2(CCN(Cc3cccnc3)CC2)CN1S(C)(=O)=O.O=C(O)C(F)(F)F.O=C(O)C(F)(F)F. The van der Waals surface area contributed by atoms with Gasteiger partial charge in [-0.2, -0.15) is 30.6 Å². The van der Waals surface area contributed by atoms with E-state index in [1.807, 2.05) is 12.3 Å². The molecule has 10 nitrogen and oxygen atoms in total. The number of carboxylic acid groups (broad SMARTS) is 2. The van der Waals surface area contributed by atoms with E-state index in [0.29, 0.717) is 13.2 Å². The number of likely N-dealkylation sites (tertiary alicyclic amines) is 1. The Bertz CT molecular complexity index is 990. The first-order chi connectivity index (χ1) is 17.3. The number of halogens is 6. The topological polar surface area (TPSA) is 137 Å². The molecule has 38 heavy (non-hydrogen) atoms. The van der Waals surface area contributed by atoms with Gasteiger partial charge in [0.05, 0.1) is 12.9 Å². The van der Waals surface area contributed by atoms with Crippen LogP contribution in [0.1, 0.15) is 24.8 Å². The zero-order chi connectivity index (χ0) is 29.4. The summed E-state index contributed by atoms with van der Waals surface area (Å²) in [6.07, 6.45) is -2.15. The maximum atomic E-state index is 12.1. The van der Waals surface area contributed by atoms with E-state index >= 15 is 0 Å². The molecule has 2 N–H and O–H groups in total. The van der Waals surface area contributed by atoms with Crippen molar-refractivity contribution in [3.63, 3.8) is 0 Å². The summed E-state index contributed by atoms with van der Waals surface area (Å²) in [4.78, 5) is 24.4. The number of rotatable bonds is 5. The fourth-order valence-corrected chi connectivity index (χ4v) is 5.33. The van der Waals surface area contributed by atoms with Gasteiger partial charge in [-0.15, -0.1) is 0 Å². The lowest BCUT2D eigenvalue weighted by Gasteiger charge is -2.39. The van der Waals surface area contributed by atoms with Gasteiger partial charge in [-0.1, -0.05) is 6.07 Å². The van der Waals surface area contributed by atoms with Crippen LogP contribution in [0.15, 0.2) is 24.5 Å². The van der Waals surface area contributed by atoms with E-state index in [0.717, 1.165) is 38.9 Å². The molecule has 2 fully saturated rings. The molecule has 218 valence electrons. The van der Waals surface area contributed by atoms with E-state index in [-0.39, 0.29) is 11.5 Å². The molecule has 3 rings (SSSR count). The molecular weight excluding hydrogens is 552 g/mol. The highest BCUT2D eigenvalue weighted by molar-refractivity contribution is 7.88. The number of aromatic nitrogens is 1. The number of alkyl halides is 6. The van der Waals surface area contributed by atoms with Crippen LogP contribution in [0, 0.1) is 5.41 Å². The highest BCUT2D eigenvalue weighted by atomic mass is 32.2. The number of pyridine rings is 1. The Hall–Kier alpha value is -2.50. The molecule has 0 radical (unpaired) electrons. The van der Waals surface area contributed by atoms with Crippen molar-refractivity contribution in [3.05, 3.63) is 30.1 Å². The van der Waals surface area contributed by atoms with Gasteiger partial charge in [0.15, 0.2) is 0 Å². The van der Waals surface area contributed by atoms with Gasteiger partial charge in [-0.3, -0.25) is 9.88 Å². The summed E-state index contributed by atoms with van der Waals surface area (Å²) in [6.45, 7) is 4.05. The van der Waals surface area contributed by atoms with Gasteiger partial charge >= 0.3 is 24.3 Å². The van der Waals surface area contributed by atoms with Crippen molar-refractivity contribution >= 4 is 22.0 Å². The quantitative estimate of drug-likeness (QED) is 0.503. The van der Waals surface area contributed by atoms with Crippen LogP contribution in [0.5, 0.6) is 0 Å². The monoisotopic (exact) mass is 581 g/mol. The molecule has 1 aromatic rings. The number of hydrogen-bond acceptors (Lipinski definition) is 7. The first-order valence-electron chi connectivity index (χ1n) is 11.0. The van der Waals surface area contributed by atoms with Crippen LogP contribution in [0.4, 0.5) is 26.3 Å². The Morgan fingerprint density at radius 1 is 1.11 bits per heavy atom. The summed E-state index contributed by atoms with van der Waals surface area (Å²) in [6, 6.07) is 4.05. The van der Waals surface area contributed by atoms with Crippen LogP contribution in [-0.2, 0) is 30.9 Å². The molecule has 2 saturated heterocycles. The number of hydrogen-bond donors (Lipinski definition) is 2. The second-order valence-corrected chi connectivity index (χ2v) is 10.8. The molecule has 1 unspecified atom stereocenters. The van der Waals surface area contributed by atoms with Crippen molar-refractivity contribution in [1.29, 1.82) is 0 Å². The van der Waals surface area contributed by atoms with Crippen molar-refractivity contribution in [2.24, 2.45) is 5.41 Å². The summed E-state index contributed by atoms with van der Waals surface area (Å²) in [5.74, 6) is -5.51. The summed E-state index contributed by atoms with van der Waals surface area (Å²) < 4.78 is 94.6. The van der Waals surface area contributed by atoms with Gasteiger partial charge in [-0.05, 0) is 49.4 Å². The zero-order valence-electron chi connectivity index (χ0n) is 20.5. The van der Waals surface area contributed by atoms with E-state index in [1.54, 1.807) is 17.6 Å². The molecule has 17 heteroatoms. The zero-order valence-corrected chi connectivity index (χ0v) is 21.3. The first kappa shape index (κ1) is 33.5. The lowest BCUT2D eigenvalue weighted by Crippen LogP contribution is -2.42. The predicted molar refractivity (Wildman–Crippen MR) is 120 cm³/mol. The normalized spacial score (nSPS) is 20.2. The lowest BCUT2D eigenvalue weighted by molar-refractivity contribution is -0.193. The van der Waals surface area contributed by atoms with E-state index in [2.05, 4.69) is 16.0 Å². The predicted octanol–water partition coefficient (Wildman–Crippen LogP) is 2.61. The van der Waals surface area contributed by atoms with Crippen molar-refractivity contribution in [2.75, 3.05) is 39.6 Å². The van der Waals surface area contributed by atoms with Gasteiger partial charge in [0.1, 0.15) is 0 Å². The molecule has 1 atom stereocenters. The molecule has 0 bridgehead atoms. The van der Waals surface area contributed by atoms with Crippen LogP contribution >= 0.6 is 0 Å². The summed E-state index contributed by atoms with van der Waals surface area (Å²) in [5, 5.41) is 14.2.